The molecule has 3 rings (SSSR count). The van der Waals surface area contributed by atoms with E-state index in [1.807, 2.05) is 6.92 Å². The average Bonchev–Trinajstić information content (AvgIpc) is 3.03. The number of halogens is 1. The molecule has 6 nitrogen and oxygen atoms in total. The van der Waals surface area contributed by atoms with Crippen LogP contribution in [-0.2, 0) is 4.79 Å². The third kappa shape index (κ3) is 4.97. The Balaban J connectivity index is 1.47. The zero-order valence-electron chi connectivity index (χ0n) is 15.1. The Morgan fingerprint density at radius 2 is 1.89 bits per heavy atom. The third-order valence-electron chi connectivity index (χ3n) is 4.32. The average molecular weight is 371 g/mol. The van der Waals surface area contributed by atoms with E-state index in [1.54, 1.807) is 41.3 Å². The molecule has 0 aliphatic carbocycles. The van der Waals surface area contributed by atoms with Crippen molar-refractivity contribution in [1.29, 1.82) is 0 Å². The van der Waals surface area contributed by atoms with E-state index in [2.05, 4.69) is 10.6 Å². The second-order valence-electron chi connectivity index (χ2n) is 6.34. The van der Waals surface area contributed by atoms with E-state index in [-0.39, 0.29) is 23.7 Å². The van der Waals surface area contributed by atoms with Crippen LogP contribution in [0.1, 0.15) is 13.3 Å². The second kappa shape index (κ2) is 8.53. The Hall–Kier alpha value is -3.09. The molecule has 2 aromatic carbocycles. The van der Waals surface area contributed by atoms with Crippen molar-refractivity contribution in [3.8, 4) is 5.75 Å². The molecule has 1 aliphatic rings. The van der Waals surface area contributed by atoms with Crippen molar-refractivity contribution in [2.45, 2.75) is 13.3 Å². The number of anilines is 2. The number of carbonyl (C=O) groups excluding carboxylic acids is 2. The number of benzene rings is 2. The van der Waals surface area contributed by atoms with E-state index in [1.165, 1.54) is 12.1 Å². The summed E-state index contributed by atoms with van der Waals surface area (Å²) in [5, 5.41) is 5.54. The Labute approximate surface area is 157 Å². The second-order valence-corrected chi connectivity index (χ2v) is 6.34. The number of urea groups is 1. The highest BCUT2D eigenvalue weighted by Crippen LogP contribution is 2.25. The fraction of sp³-hybridized carbons (Fsp3) is 0.300. The maximum absolute atomic E-state index is 13.0. The predicted molar refractivity (Wildman–Crippen MR) is 101 cm³/mol. The molecule has 1 saturated heterocycles. The SMILES string of the molecule is CCOc1ccc(NC(=O)NC[C@@H]2CC(=O)N(c3ccc(F)cc3)C2)cc1. The molecule has 142 valence electrons. The van der Waals surface area contributed by atoms with Crippen molar-refractivity contribution in [1.82, 2.24) is 5.32 Å². The number of carbonyl (C=O) groups is 2. The summed E-state index contributed by atoms with van der Waals surface area (Å²) in [7, 11) is 0. The van der Waals surface area contributed by atoms with Crippen molar-refractivity contribution < 1.29 is 18.7 Å². The van der Waals surface area contributed by atoms with Gasteiger partial charge in [-0.2, -0.15) is 0 Å². The van der Waals surface area contributed by atoms with E-state index >= 15 is 0 Å². The lowest BCUT2D eigenvalue weighted by Crippen LogP contribution is -2.34. The third-order valence-corrected chi connectivity index (χ3v) is 4.32. The van der Waals surface area contributed by atoms with Gasteiger partial charge in [-0.15, -0.1) is 0 Å². The lowest BCUT2D eigenvalue weighted by atomic mass is 10.1. The zero-order valence-corrected chi connectivity index (χ0v) is 15.1. The van der Waals surface area contributed by atoms with Gasteiger partial charge < -0.3 is 20.3 Å². The molecule has 0 saturated carbocycles. The summed E-state index contributed by atoms with van der Waals surface area (Å²) in [4.78, 5) is 25.9. The van der Waals surface area contributed by atoms with Crippen molar-refractivity contribution in [3.05, 3.63) is 54.3 Å². The van der Waals surface area contributed by atoms with Gasteiger partial charge in [-0.05, 0) is 55.5 Å². The zero-order chi connectivity index (χ0) is 19.2. The normalized spacial score (nSPS) is 16.3. The van der Waals surface area contributed by atoms with Gasteiger partial charge in [0.1, 0.15) is 11.6 Å². The molecule has 0 radical (unpaired) electrons. The highest BCUT2D eigenvalue weighted by atomic mass is 19.1. The van der Waals surface area contributed by atoms with Crippen molar-refractivity contribution in [2.75, 3.05) is 29.9 Å². The van der Waals surface area contributed by atoms with Crippen molar-refractivity contribution in [3.63, 3.8) is 0 Å². The van der Waals surface area contributed by atoms with E-state index in [0.29, 0.717) is 37.5 Å². The first kappa shape index (κ1) is 18.7. The minimum absolute atomic E-state index is 0.00799. The van der Waals surface area contributed by atoms with Gasteiger partial charge in [0.2, 0.25) is 5.91 Å². The standard InChI is InChI=1S/C20H22FN3O3/c1-2-27-18-9-5-16(6-10-18)23-20(26)22-12-14-11-19(25)24(13-14)17-7-3-15(21)4-8-17/h3-10,14H,2,11-13H2,1H3,(H2,22,23,26)/t14-/m0/s1. The summed E-state index contributed by atoms with van der Waals surface area (Å²) in [5.41, 5.74) is 1.33. The maximum atomic E-state index is 13.0. The summed E-state index contributed by atoms with van der Waals surface area (Å²) in [6, 6.07) is 12.6. The van der Waals surface area contributed by atoms with E-state index in [0.717, 1.165) is 5.75 Å². The molecular weight excluding hydrogens is 349 g/mol. The van der Waals surface area contributed by atoms with Crippen LogP contribution in [0.25, 0.3) is 0 Å². The molecule has 2 N–H and O–H groups in total. The van der Waals surface area contributed by atoms with Crippen molar-refractivity contribution in [2.24, 2.45) is 5.92 Å². The van der Waals surface area contributed by atoms with Gasteiger partial charge >= 0.3 is 6.03 Å². The van der Waals surface area contributed by atoms with Crippen molar-refractivity contribution >= 4 is 23.3 Å². The van der Waals surface area contributed by atoms with Gasteiger partial charge in [0, 0.05) is 36.8 Å². The molecule has 1 aliphatic heterocycles. The van der Waals surface area contributed by atoms with E-state index < -0.39 is 0 Å². The molecule has 27 heavy (non-hydrogen) atoms. The lowest BCUT2D eigenvalue weighted by Gasteiger charge is -2.17. The molecule has 1 fully saturated rings. The summed E-state index contributed by atoms with van der Waals surface area (Å²) in [5.74, 6) is 0.386. The first-order valence-electron chi connectivity index (χ1n) is 8.89. The van der Waals surface area contributed by atoms with Gasteiger partial charge in [0.15, 0.2) is 0 Å². The van der Waals surface area contributed by atoms with Gasteiger partial charge in [-0.3, -0.25) is 4.79 Å². The Kier molecular flexibility index (Phi) is 5.90. The Morgan fingerprint density at radius 1 is 1.19 bits per heavy atom. The number of rotatable bonds is 6. The van der Waals surface area contributed by atoms with Crippen LogP contribution in [0.2, 0.25) is 0 Å². The molecular formula is C20H22FN3O3. The molecule has 0 bridgehead atoms. The van der Waals surface area contributed by atoms with Crippen LogP contribution < -0.4 is 20.3 Å². The van der Waals surface area contributed by atoms with Gasteiger partial charge in [0.05, 0.1) is 6.61 Å². The minimum atomic E-state index is -0.338. The van der Waals surface area contributed by atoms with Gasteiger partial charge in [-0.1, -0.05) is 0 Å². The molecule has 0 aromatic heterocycles. The first-order chi connectivity index (χ1) is 13.0. The number of nitrogens with one attached hydrogen (secondary N) is 2. The number of hydrogen-bond acceptors (Lipinski definition) is 3. The molecule has 1 atom stereocenters. The maximum Gasteiger partial charge on any atom is 0.319 e. The van der Waals surface area contributed by atoms with Crippen LogP contribution in [0.3, 0.4) is 0 Å². The fourth-order valence-electron chi connectivity index (χ4n) is 3.00. The molecule has 2 aromatic rings. The summed E-state index contributed by atoms with van der Waals surface area (Å²) in [6.07, 6.45) is 0.348. The smallest absolute Gasteiger partial charge is 0.319 e. The molecule has 3 amide bonds. The summed E-state index contributed by atoms with van der Waals surface area (Å²) >= 11 is 0. The lowest BCUT2D eigenvalue weighted by molar-refractivity contribution is -0.117. The first-order valence-corrected chi connectivity index (χ1v) is 8.89. The van der Waals surface area contributed by atoms with Crippen LogP contribution in [0.5, 0.6) is 5.75 Å². The number of hydrogen-bond donors (Lipinski definition) is 2. The molecule has 0 spiro atoms. The molecule has 1 heterocycles. The summed E-state index contributed by atoms with van der Waals surface area (Å²) in [6.45, 7) is 3.37. The van der Waals surface area contributed by atoms with Crippen LogP contribution in [0, 0.1) is 11.7 Å². The van der Waals surface area contributed by atoms with Crippen LogP contribution in [0.4, 0.5) is 20.6 Å². The van der Waals surface area contributed by atoms with Crippen LogP contribution >= 0.6 is 0 Å². The number of amides is 3. The summed E-state index contributed by atoms with van der Waals surface area (Å²) < 4.78 is 18.4. The number of nitrogens with zero attached hydrogens (tertiary/aromatic N) is 1. The fourth-order valence-corrected chi connectivity index (χ4v) is 3.00. The quantitative estimate of drug-likeness (QED) is 0.818. The largest absolute Gasteiger partial charge is 0.494 e. The van der Waals surface area contributed by atoms with Gasteiger partial charge in [-0.25, -0.2) is 9.18 Å². The highest BCUT2D eigenvalue weighted by Gasteiger charge is 2.30. The molecule has 7 heteroatoms. The minimum Gasteiger partial charge on any atom is -0.494 e. The number of ether oxygens (including phenoxy) is 1. The van der Waals surface area contributed by atoms with E-state index in [9.17, 15) is 14.0 Å². The van der Waals surface area contributed by atoms with E-state index in [4.69, 9.17) is 4.74 Å². The molecule has 0 unspecified atom stereocenters. The van der Waals surface area contributed by atoms with Crippen LogP contribution in [-0.4, -0.2) is 31.6 Å². The topological polar surface area (TPSA) is 70.7 Å². The monoisotopic (exact) mass is 371 g/mol. The Bertz CT molecular complexity index is 793. The van der Waals surface area contributed by atoms with Crippen LogP contribution in [0.15, 0.2) is 48.5 Å². The Morgan fingerprint density at radius 3 is 2.56 bits per heavy atom. The van der Waals surface area contributed by atoms with Gasteiger partial charge in [0.25, 0.3) is 0 Å². The predicted octanol–water partition coefficient (Wildman–Crippen LogP) is 3.40. The highest BCUT2D eigenvalue weighted by molar-refractivity contribution is 5.96.